The molecule has 0 aliphatic heterocycles. The molecule has 1 heterocycles. The number of nitrogens with zero attached hydrogens (tertiary/aromatic N) is 3. The second-order valence-corrected chi connectivity index (χ2v) is 5.40. The predicted molar refractivity (Wildman–Crippen MR) is 82.7 cm³/mol. The number of halogens is 3. The van der Waals surface area contributed by atoms with Crippen molar-refractivity contribution >= 4 is 11.5 Å². The molecule has 0 radical (unpaired) electrons. The van der Waals surface area contributed by atoms with Gasteiger partial charge in [-0.2, -0.15) is 18.3 Å². The number of rotatable bonds is 5. The largest absolute Gasteiger partial charge is 0.416 e. The number of aromatic nitrogens is 3. The fourth-order valence-electron chi connectivity index (χ4n) is 2.29. The Morgan fingerprint density at radius 3 is 2.71 bits per heavy atom. The Bertz CT molecular complexity index is 723. The zero-order chi connectivity index (χ0) is 17.7. The Balaban J connectivity index is 2.09. The second-order valence-electron chi connectivity index (χ2n) is 5.40. The molecule has 0 bridgehead atoms. The Labute approximate surface area is 137 Å². The number of nitrogens with one attached hydrogen (secondary N) is 1. The summed E-state index contributed by atoms with van der Waals surface area (Å²) >= 11 is 0. The lowest BCUT2D eigenvalue weighted by Gasteiger charge is -2.14. The van der Waals surface area contributed by atoms with E-state index < -0.39 is 17.6 Å². The number of alkyl halides is 3. The van der Waals surface area contributed by atoms with Crippen LogP contribution < -0.4 is 5.32 Å². The minimum absolute atomic E-state index is 0.0101. The molecule has 0 saturated carbocycles. The van der Waals surface area contributed by atoms with E-state index in [0.29, 0.717) is 6.54 Å². The molecule has 1 amide bonds. The Kier molecular flexibility index (Phi) is 5.38. The Hall–Kier alpha value is -2.64. The minimum atomic E-state index is -4.47. The summed E-state index contributed by atoms with van der Waals surface area (Å²) < 4.78 is 40.6. The smallest absolute Gasteiger partial charge is 0.348 e. The fraction of sp³-hybridized carbons (Fsp3) is 0.312. The summed E-state index contributed by atoms with van der Waals surface area (Å²) in [5.74, 6) is -0.461. The summed E-state index contributed by atoms with van der Waals surface area (Å²) in [6, 6.07) is 4.92. The number of hydrogen-bond donors (Lipinski definition) is 1. The van der Waals surface area contributed by atoms with Gasteiger partial charge in [0.2, 0.25) is 5.91 Å². The Morgan fingerprint density at radius 1 is 1.38 bits per heavy atom. The van der Waals surface area contributed by atoms with Crippen molar-refractivity contribution in [3.8, 4) is 0 Å². The molecule has 8 heteroatoms. The monoisotopic (exact) mass is 338 g/mol. The summed E-state index contributed by atoms with van der Waals surface area (Å²) in [5.41, 5.74) is -0.528. The van der Waals surface area contributed by atoms with Crippen LogP contribution in [0.1, 0.15) is 25.0 Å². The average molecular weight is 338 g/mol. The molecule has 0 aliphatic rings. The molecule has 0 aliphatic carbocycles. The van der Waals surface area contributed by atoms with Crippen molar-refractivity contribution < 1.29 is 18.0 Å². The van der Waals surface area contributed by atoms with E-state index in [0.717, 1.165) is 6.07 Å². The molecule has 1 aromatic carbocycles. The van der Waals surface area contributed by atoms with Crippen molar-refractivity contribution in [2.24, 2.45) is 0 Å². The Morgan fingerprint density at radius 2 is 2.08 bits per heavy atom. The molecule has 1 unspecified atom stereocenters. The van der Waals surface area contributed by atoms with E-state index in [1.165, 1.54) is 43.9 Å². The van der Waals surface area contributed by atoms with E-state index in [2.05, 4.69) is 15.4 Å². The molecule has 24 heavy (non-hydrogen) atoms. The number of carbonyl (C=O) groups is 1. The third-order valence-electron chi connectivity index (χ3n) is 3.32. The third-order valence-corrected chi connectivity index (χ3v) is 3.32. The SMILES string of the molecule is CC(=CC(=O)NC(C)Cn1cncn1)c1ccccc1C(F)(F)F. The summed E-state index contributed by atoms with van der Waals surface area (Å²) in [6.45, 7) is 3.66. The number of benzene rings is 1. The normalized spacial score (nSPS) is 13.6. The molecule has 1 N–H and O–H groups in total. The van der Waals surface area contributed by atoms with E-state index >= 15 is 0 Å². The molecule has 128 valence electrons. The van der Waals surface area contributed by atoms with Gasteiger partial charge >= 0.3 is 6.18 Å². The highest BCUT2D eigenvalue weighted by atomic mass is 19.4. The van der Waals surface area contributed by atoms with Gasteiger partial charge in [-0.05, 0) is 31.1 Å². The van der Waals surface area contributed by atoms with Crippen molar-refractivity contribution in [1.29, 1.82) is 0 Å². The standard InChI is InChI=1S/C16H17F3N4O/c1-11(13-5-3-4-6-14(13)16(17,18)19)7-15(24)22-12(2)8-23-10-20-9-21-23/h3-7,9-10,12H,8H2,1-2H3,(H,22,24). The molecule has 5 nitrogen and oxygen atoms in total. The van der Waals surface area contributed by atoms with Crippen LogP contribution in [-0.4, -0.2) is 26.7 Å². The molecule has 2 rings (SSSR count). The quantitative estimate of drug-likeness (QED) is 0.853. The molecule has 1 atom stereocenters. The van der Waals surface area contributed by atoms with Gasteiger partial charge in [0.25, 0.3) is 0 Å². The molecular formula is C16H17F3N4O. The van der Waals surface area contributed by atoms with Gasteiger partial charge in [-0.15, -0.1) is 0 Å². The fourth-order valence-corrected chi connectivity index (χ4v) is 2.29. The van der Waals surface area contributed by atoms with Gasteiger partial charge in [-0.25, -0.2) is 4.98 Å². The van der Waals surface area contributed by atoms with Crippen LogP contribution in [0.5, 0.6) is 0 Å². The maximum atomic E-state index is 13.0. The van der Waals surface area contributed by atoms with Gasteiger partial charge in [0, 0.05) is 12.1 Å². The van der Waals surface area contributed by atoms with Crippen LogP contribution in [0.25, 0.3) is 5.57 Å². The number of amides is 1. The minimum Gasteiger partial charge on any atom is -0.348 e. The van der Waals surface area contributed by atoms with Gasteiger partial charge in [-0.3, -0.25) is 9.48 Å². The first-order valence-electron chi connectivity index (χ1n) is 7.25. The van der Waals surface area contributed by atoms with E-state index in [4.69, 9.17) is 0 Å². The first kappa shape index (κ1) is 17.7. The highest BCUT2D eigenvalue weighted by molar-refractivity contribution is 5.95. The molecule has 2 aromatic rings. The van der Waals surface area contributed by atoms with E-state index in [-0.39, 0.29) is 17.2 Å². The van der Waals surface area contributed by atoms with Crippen molar-refractivity contribution in [3.63, 3.8) is 0 Å². The molecule has 0 spiro atoms. The van der Waals surface area contributed by atoms with Crippen molar-refractivity contribution in [2.45, 2.75) is 32.6 Å². The average Bonchev–Trinajstić information content (AvgIpc) is 2.98. The summed E-state index contributed by atoms with van der Waals surface area (Å²) in [5, 5.41) is 6.62. The van der Waals surface area contributed by atoms with Gasteiger partial charge in [0.15, 0.2) is 0 Å². The van der Waals surface area contributed by atoms with Crippen molar-refractivity contribution in [3.05, 3.63) is 54.1 Å². The zero-order valence-corrected chi connectivity index (χ0v) is 13.2. The van der Waals surface area contributed by atoms with Crippen LogP contribution in [0.3, 0.4) is 0 Å². The lowest BCUT2D eigenvalue weighted by molar-refractivity contribution is -0.137. The van der Waals surface area contributed by atoms with Crippen LogP contribution >= 0.6 is 0 Å². The predicted octanol–water partition coefficient (Wildman–Crippen LogP) is 2.91. The lowest BCUT2D eigenvalue weighted by atomic mass is 10.00. The third kappa shape index (κ3) is 4.68. The van der Waals surface area contributed by atoms with Crippen LogP contribution in [0.2, 0.25) is 0 Å². The van der Waals surface area contributed by atoms with E-state index in [1.54, 1.807) is 11.6 Å². The maximum absolute atomic E-state index is 13.0. The second kappa shape index (κ2) is 7.29. The van der Waals surface area contributed by atoms with Gasteiger partial charge < -0.3 is 5.32 Å². The molecule has 0 saturated heterocycles. The van der Waals surface area contributed by atoms with Crippen molar-refractivity contribution in [2.75, 3.05) is 0 Å². The number of carbonyl (C=O) groups excluding carboxylic acids is 1. The summed E-state index contributed by atoms with van der Waals surface area (Å²) in [6.07, 6.45) is -0.402. The van der Waals surface area contributed by atoms with Gasteiger partial charge in [0.1, 0.15) is 12.7 Å². The van der Waals surface area contributed by atoms with Crippen LogP contribution in [0, 0.1) is 0 Å². The molecular weight excluding hydrogens is 321 g/mol. The number of allylic oxidation sites excluding steroid dienone is 1. The first-order valence-corrected chi connectivity index (χ1v) is 7.25. The molecule has 1 aromatic heterocycles. The van der Waals surface area contributed by atoms with Crippen LogP contribution in [0.15, 0.2) is 43.0 Å². The summed E-state index contributed by atoms with van der Waals surface area (Å²) in [7, 11) is 0. The highest BCUT2D eigenvalue weighted by Gasteiger charge is 2.33. The van der Waals surface area contributed by atoms with Gasteiger partial charge in [-0.1, -0.05) is 18.2 Å². The lowest BCUT2D eigenvalue weighted by Crippen LogP contribution is -2.34. The maximum Gasteiger partial charge on any atom is 0.416 e. The zero-order valence-electron chi connectivity index (χ0n) is 13.2. The highest BCUT2D eigenvalue weighted by Crippen LogP contribution is 2.34. The topological polar surface area (TPSA) is 59.8 Å². The molecule has 0 fully saturated rings. The summed E-state index contributed by atoms with van der Waals surface area (Å²) in [4.78, 5) is 15.8. The van der Waals surface area contributed by atoms with Crippen molar-refractivity contribution in [1.82, 2.24) is 20.1 Å². The van der Waals surface area contributed by atoms with Crippen LogP contribution in [0.4, 0.5) is 13.2 Å². The van der Waals surface area contributed by atoms with Gasteiger partial charge in [0.05, 0.1) is 12.1 Å². The van der Waals surface area contributed by atoms with E-state index in [1.807, 2.05) is 0 Å². The number of hydrogen-bond acceptors (Lipinski definition) is 3. The van der Waals surface area contributed by atoms with E-state index in [9.17, 15) is 18.0 Å². The first-order chi connectivity index (χ1) is 11.3. The van der Waals surface area contributed by atoms with Crippen LogP contribution in [-0.2, 0) is 17.5 Å².